The van der Waals surface area contributed by atoms with E-state index < -0.39 is 82.7 Å². The van der Waals surface area contributed by atoms with Crippen molar-refractivity contribution in [1.82, 2.24) is 0 Å². The fourth-order valence-corrected chi connectivity index (χ4v) is 7.90. The van der Waals surface area contributed by atoms with Gasteiger partial charge in [0.05, 0.1) is 0 Å². The highest BCUT2D eigenvalue weighted by Gasteiger charge is 2.82. The molecule has 264 valence electrons. The van der Waals surface area contributed by atoms with Gasteiger partial charge in [0.2, 0.25) is 5.67 Å². The van der Waals surface area contributed by atoms with Crippen LogP contribution in [0.3, 0.4) is 0 Å². The van der Waals surface area contributed by atoms with E-state index in [1.165, 1.54) is 6.08 Å². The van der Waals surface area contributed by atoms with Gasteiger partial charge in [0.25, 0.3) is 5.92 Å². The molecule has 0 aromatic rings. The highest BCUT2D eigenvalue weighted by Crippen LogP contribution is 2.64. The monoisotopic (exact) mass is 690 g/mol. The summed E-state index contributed by atoms with van der Waals surface area (Å²) < 4.78 is 169. The van der Waals surface area contributed by atoms with Crippen molar-refractivity contribution in [1.29, 1.82) is 0 Å². The van der Waals surface area contributed by atoms with Crippen LogP contribution in [-0.2, 0) is 0 Å². The van der Waals surface area contributed by atoms with E-state index >= 15 is 0 Å². The third-order valence-electron chi connectivity index (χ3n) is 11.1. The Morgan fingerprint density at radius 3 is 1.39 bits per heavy atom. The van der Waals surface area contributed by atoms with Crippen LogP contribution in [0, 0.1) is 41.4 Å². The summed E-state index contributed by atoms with van der Waals surface area (Å²) >= 11 is 0. The summed E-state index contributed by atoms with van der Waals surface area (Å²) in [5.74, 6) is -8.86. The quantitative estimate of drug-likeness (QED) is 0.208. The summed E-state index contributed by atoms with van der Waals surface area (Å²) in [7, 11) is 0. The molecule has 12 atom stereocenters. The maximum absolute atomic E-state index is 14.3. The van der Waals surface area contributed by atoms with Crippen LogP contribution in [0.2, 0.25) is 0 Å². The van der Waals surface area contributed by atoms with E-state index in [-0.39, 0.29) is 31.1 Å². The minimum absolute atomic E-state index is 0.0649. The topological polar surface area (TPSA) is 60.7 Å². The highest BCUT2D eigenvalue weighted by atomic mass is 19.4. The first-order chi connectivity index (χ1) is 20.5. The predicted molar refractivity (Wildman–Crippen MR) is 138 cm³/mol. The van der Waals surface area contributed by atoms with Gasteiger partial charge in [-0.2, -0.15) is 39.5 Å². The van der Waals surface area contributed by atoms with Gasteiger partial charge in [0, 0.05) is 23.7 Å². The highest BCUT2D eigenvalue weighted by molar-refractivity contribution is 5.30. The lowest BCUT2D eigenvalue weighted by Gasteiger charge is -2.44. The van der Waals surface area contributed by atoms with Crippen LogP contribution in [0.5, 0.6) is 0 Å². The van der Waals surface area contributed by atoms with E-state index in [0.29, 0.717) is 19.8 Å². The Bertz CT molecular complexity index is 1250. The van der Waals surface area contributed by atoms with Gasteiger partial charge in [-0.15, -0.1) is 0 Å². The van der Waals surface area contributed by atoms with Crippen molar-refractivity contribution in [3.05, 3.63) is 36.5 Å². The summed E-state index contributed by atoms with van der Waals surface area (Å²) in [5.41, 5.74) is -16.4. The third-order valence-corrected chi connectivity index (χ3v) is 11.1. The van der Waals surface area contributed by atoms with Crippen LogP contribution < -0.4 is 0 Å². The summed E-state index contributed by atoms with van der Waals surface area (Å²) in [6.07, 6.45) is -4.96. The summed E-state index contributed by atoms with van der Waals surface area (Å²) in [5, 5.41) is 28.2. The second kappa shape index (κ2) is 10.8. The molecular formula is C30H35F13O3. The van der Waals surface area contributed by atoms with Crippen LogP contribution >= 0.6 is 0 Å². The Morgan fingerprint density at radius 1 is 0.543 bits per heavy atom. The molecule has 3 N–H and O–H groups in total. The molecule has 12 unspecified atom stereocenters. The van der Waals surface area contributed by atoms with E-state index in [4.69, 9.17) is 0 Å². The molecule has 0 saturated heterocycles. The van der Waals surface area contributed by atoms with Crippen LogP contribution in [0.1, 0.15) is 52.9 Å². The average molecular weight is 691 g/mol. The fraction of sp³-hybridized carbons (Fsp3) is 0.800. The standard InChI is InChI=1S/C10H10F6O.C10H12F4O.C10H13F3O/c1-7(17,10(14,15)16)8(11)5-2-3-6(4-5)9(8,12)13;1-8(15,10(12,13)14)9(11)5-6-2-3-7(9)4-6;1-9(14,10(11,12)13)8-5-6-2-3-7(8)4-6/h2-3,5-6,17H,4H2,1H3;2-3,6-7,15H,4-5H2,1H3;2-3,6-8,14H,4-5H2,1H3. The molecule has 3 nitrogen and oxygen atoms in total. The molecule has 6 bridgehead atoms. The lowest BCUT2D eigenvalue weighted by Crippen LogP contribution is -2.68. The SMILES string of the molecule is CC(O)(C(F)(F)F)C1(F)C2C=CC(C2)C1(F)F.CC(O)(C(F)(F)F)C1(F)CC2C=CC1C2.CC(O)(C1CC2C=CC1C2)C(F)(F)F. The molecule has 6 rings (SSSR count). The zero-order valence-corrected chi connectivity index (χ0v) is 24.8. The molecule has 0 heterocycles. The van der Waals surface area contributed by atoms with Crippen LogP contribution in [0.25, 0.3) is 0 Å². The maximum Gasteiger partial charge on any atom is 0.420 e. The first kappa shape index (κ1) is 37.0. The molecule has 6 aliphatic carbocycles. The van der Waals surface area contributed by atoms with Crippen molar-refractivity contribution in [3.63, 3.8) is 0 Å². The summed E-state index contributed by atoms with van der Waals surface area (Å²) in [4.78, 5) is 0. The normalized spacial score (nSPS) is 42.2. The average Bonchev–Trinajstić information content (AvgIpc) is 3.73. The maximum atomic E-state index is 14.3. The van der Waals surface area contributed by atoms with Gasteiger partial charge in [-0.3, -0.25) is 0 Å². The van der Waals surface area contributed by atoms with Crippen molar-refractivity contribution >= 4 is 0 Å². The molecule has 0 radical (unpaired) electrons. The van der Waals surface area contributed by atoms with E-state index in [0.717, 1.165) is 25.5 Å². The smallest absolute Gasteiger partial charge is 0.380 e. The first-order valence-corrected chi connectivity index (χ1v) is 14.6. The van der Waals surface area contributed by atoms with Crippen molar-refractivity contribution < 1.29 is 72.4 Å². The Balaban J connectivity index is 0.000000157. The van der Waals surface area contributed by atoms with Gasteiger partial charge in [-0.25, -0.2) is 17.6 Å². The Labute approximate surface area is 256 Å². The number of hydrogen-bond donors (Lipinski definition) is 3. The van der Waals surface area contributed by atoms with Crippen molar-refractivity contribution in [2.75, 3.05) is 0 Å². The number of hydrogen-bond acceptors (Lipinski definition) is 3. The number of halogens is 13. The molecule has 0 aromatic carbocycles. The molecule has 16 heteroatoms. The van der Waals surface area contributed by atoms with E-state index in [1.807, 2.05) is 12.2 Å². The van der Waals surface area contributed by atoms with Gasteiger partial charge in [0.1, 0.15) is 0 Å². The predicted octanol–water partition coefficient (Wildman–Crippen LogP) is 7.97. The van der Waals surface area contributed by atoms with E-state index in [2.05, 4.69) is 0 Å². The van der Waals surface area contributed by atoms with E-state index in [1.54, 1.807) is 6.08 Å². The largest absolute Gasteiger partial charge is 0.420 e. The number of rotatable bonds is 3. The lowest BCUT2D eigenvalue weighted by atomic mass is 9.73. The number of aliphatic hydroxyl groups is 3. The number of alkyl halides is 13. The Kier molecular flexibility index (Phi) is 8.73. The number of allylic oxidation sites excluding steroid dienone is 6. The Hall–Kier alpha value is -1.81. The second-order valence-electron chi connectivity index (χ2n) is 13.9. The molecule has 0 aliphatic heterocycles. The molecule has 46 heavy (non-hydrogen) atoms. The molecule has 0 aromatic heterocycles. The molecule has 3 saturated carbocycles. The van der Waals surface area contributed by atoms with Crippen molar-refractivity contribution in [2.24, 2.45) is 41.4 Å². The van der Waals surface area contributed by atoms with Crippen LogP contribution in [0.15, 0.2) is 36.5 Å². The van der Waals surface area contributed by atoms with Crippen LogP contribution in [0.4, 0.5) is 57.1 Å². The van der Waals surface area contributed by atoms with Crippen LogP contribution in [-0.4, -0.2) is 67.9 Å². The summed E-state index contributed by atoms with van der Waals surface area (Å²) in [6, 6.07) is 0. The zero-order chi connectivity index (χ0) is 35.3. The molecule has 6 aliphatic rings. The van der Waals surface area contributed by atoms with Crippen molar-refractivity contribution in [3.8, 4) is 0 Å². The minimum Gasteiger partial charge on any atom is -0.380 e. The summed E-state index contributed by atoms with van der Waals surface area (Å²) in [6.45, 7) is 1.49. The molecule has 3 fully saturated rings. The molecule has 0 spiro atoms. The van der Waals surface area contributed by atoms with Gasteiger partial charge in [-0.1, -0.05) is 36.5 Å². The van der Waals surface area contributed by atoms with Gasteiger partial charge in [0.15, 0.2) is 22.5 Å². The molecular weight excluding hydrogens is 655 g/mol. The Morgan fingerprint density at radius 2 is 1.04 bits per heavy atom. The zero-order valence-electron chi connectivity index (χ0n) is 24.8. The van der Waals surface area contributed by atoms with E-state index in [9.17, 15) is 72.4 Å². The van der Waals surface area contributed by atoms with Gasteiger partial charge >= 0.3 is 18.5 Å². The van der Waals surface area contributed by atoms with Gasteiger partial charge in [-0.05, 0) is 70.6 Å². The number of fused-ring (bicyclic) bond motifs is 6. The van der Waals surface area contributed by atoms with Crippen molar-refractivity contribution in [2.45, 2.75) is 105 Å². The first-order valence-electron chi connectivity index (χ1n) is 14.6. The fourth-order valence-electron chi connectivity index (χ4n) is 7.90. The minimum atomic E-state index is -5.45. The van der Waals surface area contributed by atoms with Gasteiger partial charge < -0.3 is 15.3 Å². The molecule has 0 amide bonds. The third kappa shape index (κ3) is 5.30. The lowest BCUT2D eigenvalue weighted by molar-refractivity contribution is -0.336. The second-order valence-corrected chi connectivity index (χ2v) is 13.9.